The monoisotopic (exact) mass is 334 g/mol. The summed E-state index contributed by atoms with van der Waals surface area (Å²) in [4.78, 5) is 13.4. The predicted molar refractivity (Wildman–Crippen MR) is 83.9 cm³/mol. The number of amides is 1. The highest BCUT2D eigenvalue weighted by Gasteiger charge is 2.33. The molecule has 23 heavy (non-hydrogen) atoms. The molecule has 1 saturated heterocycles. The molecule has 1 rings (SSSR count). The third kappa shape index (κ3) is 7.01. The summed E-state index contributed by atoms with van der Waals surface area (Å²) >= 11 is 0. The lowest BCUT2D eigenvalue weighted by Gasteiger charge is -2.40. The van der Waals surface area contributed by atoms with E-state index in [-0.39, 0.29) is 12.5 Å². The zero-order valence-electron chi connectivity index (χ0n) is 14.1. The Kier molecular flexibility index (Phi) is 7.69. The molecule has 0 aromatic heterocycles. The molecule has 1 aliphatic heterocycles. The summed E-state index contributed by atoms with van der Waals surface area (Å²) in [6.45, 7) is 7.34. The average Bonchev–Trinajstić information content (AvgIpc) is 2.40. The van der Waals surface area contributed by atoms with Crippen molar-refractivity contribution in [2.45, 2.75) is 51.1 Å². The van der Waals surface area contributed by atoms with E-state index in [2.05, 4.69) is 5.32 Å². The van der Waals surface area contributed by atoms with E-state index < -0.39 is 30.5 Å². The van der Waals surface area contributed by atoms with Crippen LogP contribution in [0.4, 0.5) is 4.79 Å². The number of nitrogens with one attached hydrogen (secondary N) is 1. The molecule has 0 saturated carbocycles. The number of likely N-dealkylation sites (tertiary alicyclic amines) is 1. The highest BCUT2D eigenvalue weighted by atomic mass is 16.6. The Morgan fingerprint density at radius 2 is 1.87 bits per heavy atom. The first-order chi connectivity index (χ1) is 10.6. The summed E-state index contributed by atoms with van der Waals surface area (Å²) in [5, 5.41) is 40.2. The minimum atomic E-state index is -1.35. The molecule has 8 nitrogen and oxygen atoms in total. The quantitative estimate of drug-likeness (QED) is 0.357. The van der Waals surface area contributed by atoms with Gasteiger partial charge in [-0.2, -0.15) is 0 Å². The molecule has 0 aromatic carbocycles. The molecule has 0 aromatic rings. The fourth-order valence-electron chi connectivity index (χ4n) is 2.27. The summed E-state index contributed by atoms with van der Waals surface area (Å²) in [7, 11) is 0. The summed E-state index contributed by atoms with van der Waals surface area (Å²) in [6, 6.07) is 0. The normalized spacial score (nSPS) is 19.9. The van der Waals surface area contributed by atoms with Crippen molar-refractivity contribution in [2.75, 3.05) is 32.8 Å². The van der Waals surface area contributed by atoms with Crippen LogP contribution in [0.3, 0.4) is 0 Å². The lowest BCUT2D eigenvalue weighted by atomic mass is 10.0. The van der Waals surface area contributed by atoms with E-state index in [1.807, 2.05) is 20.8 Å². The van der Waals surface area contributed by atoms with Gasteiger partial charge in [0.2, 0.25) is 0 Å². The molecule has 0 aliphatic carbocycles. The molecule has 1 fully saturated rings. The summed E-state index contributed by atoms with van der Waals surface area (Å²) in [6.07, 6.45) is -3.82. The summed E-state index contributed by atoms with van der Waals surface area (Å²) < 4.78 is 5.27. The molecule has 3 atom stereocenters. The van der Waals surface area contributed by atoms with E-state index in [9.17, 15) is 20.1 Å². The second-order valence-corrected chi connectivity index (χ2v) is 7.05. The van der Waals surface area contributed by atoms with Gasteiger partial charge >= 0.3 is 6.09 Å². The molecule has 0 bridgehead atoms. The molecule has 1 amide bonds. The van der Waals surface area contributed by atoms with Gasteiger partial charge in [0.1, 0.15) is 17.8 Å². The van der Waals surface area contributed by atoms with Gasteiger partial charge in [-0.3, -0.25) is 0 Å². The smallest absolute Gasteiger partial charge is 0.410 e. The predicted octanol–water partition coefficient (Wildman–Crippen LogP) is -1.09. The maximum Gasteiger partial charge on any atom is 0.410 e. The molecule has 0 unspecified atom stereocenters. The van der Waals surface area contributed by atoms with Crippen LogP contribution in [-0.4, -0.2) is 88.1 Å². The van der Waals surface area contributed by atoms with E-state index in [4.69, 9.17) is 9.84 Å². The van der Waals surface area contributed by atoms with Crippen molar-refractivity contribution in [1.29, 1.82) is 0 Å². The van der Waals surface area contributed by atoms with Crippen molar-refractivity contribution >= 4 is 6.09 Å². The van der Waals surface area contributed by atoms with Crippen molar-refractivity contribution < 1.29 is 30.0 Å². The lowest BCUT2D eigenvalue weighted by Crippen LogP contribution is -2.54. The highest BCUT2D eigenvalue weighted by molar-refractivity contribution is 5.69. The Morgan fingerprint density at radius 1 is 1.26 bits per heavy atom. The number of carbonyl (C=O) groups excluding carboxylic acids is 1. The first kappa shape index (κ1) is 20.1. The van der Waals surface area contributed by atoms with Crippen molar-refractivity contribution in [1.82, 2.24) is 10.2 Å². The topological polar surface area (TPSA) is 122 Å². The minimum absolute atomic E-state index is 0.265. The van der Waals surface area contributed by atoms with Crippen LogP contribution >= 0.6 is 0 Å². The van der Waals surface area contributed by atoms with E-state index in [1.165, 1.54) is 0 Å². The SMILES string of the molecule is CC(C)(C)OC(=O)N1CC(CNCC[C@@H](O)[C@H](O)[C@H](O)CO)C1. The van der Waals surface area contributed by atoms with Crippen LogP contribution < -0.4 is 5.32 Å². The van der Waals surface area contributed by atoms with E-state index in [1.54, 1.807) is 4.90 Å². The van der Waals surface area contributed by atoms with Gasteiger partial charge in [-0.15, -0.1) is 0 Å². The number of rotatable bonds is 8. The van der Waals surface area contributed by atoms with Crippen LogP contribution in [-0.2, 0) is 4.74 Å². The molecule has 5 N–H and O–H groups in total. The van der Waals surface area contributed by atoms with Gasteiger partial charge in [-0.1, -0.05) is 0 Å². The van der Waals surface area contributed by atoms with E-state index in [0.717, 1.165) is 0 Å². The molecule has 1 heterocycles. The molecule has 0 radical (unpaired) electrons. The largest absolute Gasteiger partial charge is 0.444 e. The van der Waals surface area contributed by atoms with Crippen LogP contribution in [0.1, 0.15) is 27.2 Å². The van der Waals surface area contributed by atoms with Gasteiger partial charge in [0.15, 0.2) is 0 Å². The van der Waals surface area contributed by atoms with Crippen LogP contribution in [0.2, 0.25) is 0 Å². The lowest BCUT2D eigenvalue weighted by molar-refractivity contribution is -0.0779. The number of aliphatic hydroxyl groups excluding tert-OH is 4. The van der Waals surface area contributed by atoms with E-state index >= 15 is 0 Å². The number of nitrogens with zero attached hydrogens (tertiary/aromatic N) is 1. The van der Waals surface area contributed by atoms with Crippen LogP contribution in [0.15, 0.2) is 0 Å². The molecule has 1 aliphatic rings. The second-order valence-electron chi connectivity index (χ2n) is 7.05. The molecule has 136 valence electrons. The van der Waals surface area contributed by atoms with Crippen molar-refractivity contribution in [3.63, 3.8) is 0 Å². The van der Waals surface area contributed by atoms with Crippen molar-refractivity contribution in [3.05, 3.63) is 0 Å². The Balaban J connectivity index is 2.10. The highest BCUT2D eigenvalue weighted by Crippen LogP contribution is 2.18. The van der Waals surface area contributed by atoms with Gasteiger partial charge in [-0.25, -0.2) is 4.79 Å². The molecule has 0 spiro atoms. The van der Waals surface area contributed by atoms with Crippen molar-refractivity contribution in [3.8, 4) is 0 Å². The Hall–Kier alpha value is -0.930. The number of aliphatic hydroxyl groups is 4. The van der Waals surface area contributed by atoms with E-state index in [0.29, 0.717) is 32.1 Å². The van der Waals surface area contributed by atoms with Crippen LogP contribution in [0.5, 0.6) is 0 Å². The molecular weight excluding hydrogens is 304 g/mol. The van der Waals surface area contributed by atoms with Crippen LogP contribution in [0.25, 0.3) is 0 Å². The second kappa shape index (κ2) is 8.79. The van der Waals surface area contributed by atoms with Gasteiger partial charge in [0, 0.05) is 25.6 Å². The Morgan fingerprint density at radius 3 is 2.39 bits per heavy atom. The Bertz CT molecular complexity index is 367. The number of hydrogen-bond donors (Lipinski definition) is 5. The number of carbonyl (C=O) groups is 1. The fraction of sp³-hybridized carbons (Fsp3) is 0.933. The maximum absolute atomic E-state index is 11.8. The standard InChI is InChI=1S/C15H30N2O6/c1-15(2,3)23-14(22)17-7-10(8-17)6-16-5-4-11(19)13(21)12(20)9-18/h10-13,16,18-21H,4-9H2,1-3H3/t11-,12-,13+/m1/s1. The maximum atomic E-state index is 11.8. The van der Waals surface area contributed by atoms with Crippen LogP contribution in [0, 0.1) is 5.92 Å². The first-order valence-electron chi connectivity index (χ1n) is 7.97. The number of hydrogen-bond acceptors (Lipinski definition) is 7. The zero-order chi connectivity index (χ0) is 17.6. The van der Waals surface area contributed by atoms with Crippen molar-refractivity contribution in [2.24, 2.45) is 5.92 Å². The van der Waals surface area contributed by atoms with Gasteiger partial charge < -0.3 is 35.4 Å². The first-order valence-corrected chi connectivity index (χ1v) is 7.97. The zero-order valence-corrected chi connectivity index (χ0v) is 14.1. The fourth-order valence-corrected chi connectivity index (χ4v) is 2.27. The van der Waals surface area contributed by atoms with Gasteiger partial charge in [0.25, 0.3) is 0 Å². The minimum Gasteiger partial charge on any atom is -0.444 e. The third-order valence-corrected chi connectivity index (χ3v) is 3.63. The van der Waals surface area contributed by atoms with Gasteiger partial charge in [0.05, 0.1) is 12.7 Å². The third-order valence-electron chi connectivity index (χ3n) is 3.63. The number of ether oxygens (including phenoxy) is 1. The Labute approximate surface area is 137 Å². The molecular formula is C15H30N2O6. The average molecular weight is 334 g/mol. The summed E-state index contributed by atoms with van der Waals surface area (Å²) in [5.74, 6) is 0.340. The molecule has 8 heteroatoms. The summed E-state index contributed by atoms with van der Waals surface area (Å²) in [5.41, 5.74) is -0.490. The van der Waals surface area contributed by atoms with Gasteiger partial charge in [-0.05, 0) is 33.7 Å².